The number of rotatable bonds is 5. The minimum atomic E-state index is -0.774. The molecule has 1 atom stereocenters. The fourth-order valence-electron chi connectivity index (χ4n) is 1.98. The second kappa shape index (κ2) is 8.98. The van der Waals surface area contributed by atoms with Gasteiger partial charge in [0.2, 0.25) is 0 Å². The number of halogens is 1. The van der Waals surface area contributed by atoms with Crippen LogP contribution >= 0.6 is 12.2 Å². The summed E-state index contributed by atoms with van der Waals surface area (Å²) in [6, 6.07) is 13.3. The van der Waals surface area contributed by atoms with Gasteiger partial charge in [-0.05, 0) is 67.5 Å². The minimum absolute atomic E-state index is 0.256. The Balaban J connectivity index is 1.77. The van der Waals surface area contributed by atoms with Crippen molar-refractivity contribution < 1.29 is 13.9 Å². The van der Waals surface area contributed by atoms with Crippen molar-refractivity contribution in [2.45, 2.75) is 26.4 Å². The highest BCUT2D eigenvalue weighted by Gasteiger charge is 2.14. The van der Waals surface area contributed by atoms with Gasteiger partial charge < -0.3 is 10.1 Å². The molecule has 2 rings (SSSR count). The molecule has 0 bridgehead atoms. The maximum Gasteiger partial charge on any atom is 0.279 e. The van der Waals surface area contributed by atoms with E-state index in [1.165, 1.54) is 29.8 Å². The zero-order valence-electron chi connectivity index (χ0n) is 14.0. The Bertz CT molecular complexity index is 720. The lowest BCUT2D eigenvalue weighted by Gasteiger charge is -2.16. The van der Waals surface area contributed by atoms with E-state index in [0.29, 0.717) is 5.75 Å². The smallest absolute Gasteiger partial charge is 0.279 e. The normalized spacial score (nSPS) is 11.3. The van der Waals surface area contributed by atoms with Gasteiger partial charge in [0, 0.05) is 5.69 Å². The van der Waals surface area contributed by atoms with Crippen LogP contribution in [0.3, 0.4) is 0 Å². The van der Waals surface area contributed by atoms with E-state index >= 15 is 0 Å². The Morgan fingerprint density at radius 1 is 1.12 bits per heavy atom. The molecule has 0 aliphatic carbocycles. The van der Waals surface area contributed by atoms with Crippen LogP contribution in [0, 0.1) is 5.82 Å². The summed E-state index contributed by atoms with van der Waals surface area (Å²) in [7, 11) is 0. The van der Waals surface area contributed by atoms with Crippen LogP contribution in [0.1, 0.15) is 19.4 Å². The van der Waals surface area contributed by atoms with Gasteiger partial charge >= 0.3 is 0 Å². The SMILES string of the molecule is CCc1ccc(NC(=S)NNC(=O)[C@H](C)Oc2ccc(F)cc2)cc1. The molecule has 0 unspecified atom stereocenters. The third kappa shape index (κ3) is 6.04. The number of thiocarbonyl (C=S) groups is 1. The third-order valence-electron chi connectivity index (χ3n) is 3.42. The first-order chi connectivity index (χ1) is 12.0. The van der Waals surface area contributed by atoms with E-state index in [2.05, 4.69) is 23.1 Å². The summed E-state index contributed by atoms with van der Waals surface area (Å²) in [6.07, 6.45) is 0.190. The van der Waals surface area contributed by atoms with Crippen molar-refractivity contribution in [3.05, 3.63) is 59.9 Å². The van der Waals surface area contributed by atoms with Gasteiger partial charge in [0.05, 0.1) is 0 Å². The molecule has 0 radical (unpaired) electrons. The van der Waals surface area contributed by atoms with E-state index in [0.717, 1.165) is 12.1 Å². The van der Waals surface area contributed by atoms with E-state index < -0.39 is 12.0 Å². The summed E-state index contributed by atoms with van der Waals surface area (Å²) in [6.45, 7) is 3.67. The first kappa shape index (κ1) is 18.7. The average molecular weight is 361 g/mol. The van der Waals surface area contributed by atoms with Gasteiger partial charge in [-0.2, -0.15) is 0 Å². The lowest BCUT2D eigenvalue weighted by atomic mass is 10.1. The number of nitrogens with one attached hydrogen (secondary N) is 3. The van der Waals surface area contributed by atoms with Gasteiger partial charge in [-0.1, -0.05) is 19.1 Å². The van der Waals surface area contributed by atoms with Gasteiger partial charge in [-0.15, -0.1) is 0 Å². The fraction of sp³-hybridized carbons (Fsp3) is 0.222. The van der Waals surface area contributed by atoms with Gasteiger partial charge in [0.25, 0.3) is 5.91 Å². The topological polar surface area (TPSA) is 62.4 Å². The molecular formula is C18H20FN3O2S. The van der Waals surface area contributed by atoms with Crippen molar-refractivity contribution in [1.82, 2.24) is 10.9 Å². The molecule has 2 aromatic carbocycles. The number of carbonyl (C=O) groups is 1. The van der Waals surface area contributed by atoms with Crippen LogP contribution < -0.4 is 20.9 Å². The minimum Gasteiger partial charge on any atom is -0.481 e. The molecule has 0 aliphatic rings. The summed E-state index contributed by atoms with van der Waals surface area (Å²) in [4.78, 5) is 12.0. The molecule has 3 N–H and O–H groups in total. The second-order valence-corrected chi connectivity index (χ2v) is 5.74. The number of benzene rings is 2. The fourth-order valence-corrected chi connectivity index (χ4v) is 2.15. The Hall–Kier alpha value is -2.67. The molecule has 7 heteroatoms. The zero-order valence-corrected chi connectivity index (χ0v) is 14.8. The second-order valence-electron chi connectivity index (χ2n) is 5.33. The number of carbonyl (C=O) groups excluding carboxylic acids is 1. The standard InChI is InChI=1S/C18H20FN3O2S/c1-3-13-4-8-15(9-5-13)20-18(25)22-21-17(23)12(2)24-16-10-6-14(19)7-11-16/h4-12H,3H2,1-2H3,(H,21,23)(H2,20,22,25)/t12-/m0/s1. The van der Waals surface area contributed by atoms with Crippen molar-refractivity contribution in [2.24, 2.45) is 0 Å². The van der Waals surface area contributed by atoms with E-state index in [1.54, 1.807) is 6.92 Å². The monoisotopic (exact) mass is 361 g/mol. The number of hydrazine groups is 1. The third-order valence-corrected chi connectivity index (χ3v) is 3.62. The number of aryl methyl sites for hydroxylation is 1. The zero-order chi connectivity index (χ0) is 18.2. The number of hydrogen-bond donors (Lipinski definition) is 3. The quantitative estimate of drug-likeness (QED) is 0.564. The van der Waals surface area contributed by atoms with Crippen LogP contribution in [0.2, 0.25) is 0 Å². The van der Waals surface area contributed by atoms with Crippen molar-refractivity contribution >= 4 is 28.9 Å². The first-order valence-corrected chi connectivity index (χ1v) is 8.26. The number of ether oxygens (including phenoxy) is 1. The molecule has 132 valence electrons. The molecule has 2 aromatic rings. The van der Waals surface area contributed by atoms with Crippen LogP contribution in [0.15, 0.2) is 48.5 Å². The van der Waals surface area contributed by atoms with E-state index in [1.807, 2.05) is 24.3 Å². The van der Waals surface area contributed by atoms with E-state index in [9.17, 15) is 9.18 Å². The van der Waals surface area contributed by atoms with Crippen molar-refractivity contribution in [3.63, 3.8) is 0 Å². The molecule has 0 saturated carbocycles. The highest BCUT2D eigenvalue weighted by atomic mass is 32.1. The number of anilines is 1. The lowest BCUT2D eigenvalue weighted by molar-refractivity contribution is -0.127. The Kier molecular flexibility index (Phi) is 6.71. The number of amides is 1. The molecule has 0 spiro atoms. The van der Waals surface area contributed by atoms with Crippen LogP contribution in [0.4, 0.5) is 10.1 Å². The molecule has 25 heavy (non-hydrogen) atoms. The molecule has 0 aromatic heterocycles. The Morgan fingerprint density at radius 2 is 1.76 bits per heavy atom. The van der Waals surface area contributed by atoms with E-state index in [-0.39, 0.29) is 10.9 Å². The number of hydrogen-bond acceptors (Lipinski definition) is 3. The van der Waals surface area contributed by atoms with Gasteiger partial charge in [0.1, 0.15) is 11.6 Å². The van der Waals surface area contributed by atoms with Crippen LogP contribution in [0.25, 0.3) is 0 Å². The van der Waals surface area contributed by atoms with E-state index in [4.69, 9.17) is 17.0 Å². The highest BCUT2D eigenvalue weighted by Crippen LogP contribution is 2.13. The molecule has 1 amide bonds. The predicted molar refractivity (Wildman–Crippen MR) is 99.8 cm³/mol. The van der Waals surface area contributed by atoms with Gasteiger partial charge in [0.15, 0.2) is 11.2 Å². The summed E-state index contributed by atoms with van der Waals surface area (Å²) in [5.74, 6) is -0.370. The van der Waals surface area contributed by atoms with Gasteiger partial charge in [-0.25, -0.2) is 4.39 Å². The van der Waals surface area contributed by atoms with Crippen LogP contribution in [-0.2, 0) is 11.2 Å². The van der Waals surface area contributed by atoms with Crippen molar-refractivity contribution in [2.75, 3.05) is 5.32 Å². The summed E-state index contributed by atoms with van der Waals surface area (Å²) in [5, 5.41) is 3.22. The summed E-state index contributed by atoms with van der Waals surface area (Å²) < 4.78 is 18.3. The molecule has 0 fully saturated rings. The Morgan fingerprint density at radius 3 is 2.36 bits per heavy atom. The molecular weight excluding hydrogens is 341 g/mol. The van der Waals surface area contributed by atoms with Crippen molar-refractivity contribution in [1.29, 1.82) is 0 Å². The van der Waals surface area contributed by atoms with Gasteiger partial charge in [-0.3, -0.25) is 15.6 Å². The summed E-state index contributed by atoms with van der Waals surface area (Å²) in [5.41, 5.74) is 7.13. The van der Waals surface area contributed by atoms with Crippen LogP contribution in [-0.4, -0.2) is 17.1 Å². The van der Waals surface area contributed by atoms with Crippen LogP contribution in [0.5, 0.6) is 5.75 Å². The highest BCUT2D eigenvalue weighted by molar-refractivity contribution is 7.80. The lowest BCUT2D eigenvalue weighted by Crippen LogP contribution is -2.48. The molecule has 0 aliphatic heterocycles. The maximum absolute atomic E-state index is 12.8. The summed E-state index contributed by atoms with van der Waals surface area (Å²) >= 11 is 5.13. The molecule has 0 saturated heterocycles. The van der Waals surface area contributed by atoms with Crippen molar-refractivity contribution in [3.8, 4) is 5.75 Å². The molecule has 0 heterocycles. The Labute approximate surface area is 151 Å². The maximum atomic E-state index is 12.8. The largest absolute Gasteiger partial charge is 0.481 e. The first-order valence-electron chi connectivity index (χ1n) is 7.86. The average Bonchev–Trinajstić information content (AvgIpc) is 2.62. The molecule has 5 nitrogen and oxygen atoms in total. The predicted octanol–water partition coefficient (Wildman–Crippen LogP) is 3.17.